The third-order valence-corrected chi connectivity index (χ3v) is 4.85. The van der Waals surface area contributed by atoms with E-state index in [1.54, 1.807) is 0 Å². The Morgan fingerprint density at radius 2 is 1.73 bits per heavy atom. The summed E-state index contributed by atoms with van der Waals surface area (Å²) in [7, 11) is 0. The van der Waals surface area contributed by atoms with Crippen LogP contribution >= 0.6 is 0 Å². The predicted octanol–water partition coefficient (Wildman–Crippen LogP) is 5.31. The van der Waals surface area contributed by atoms with Gasteiger partial charge < -0.3 is 9.47 Å². The quantitative estimate of drug-likeness (QED) is 0.619. The predicted molar refractivity (Wildman–Crippen MR) is 83.6 cm³/mol. The Hall–Kier alpha value is -0.740. The zero-order valence-electron chi connectivity index (χ0n) is 13.5. The van der Waals surface area contributed by atoms with E-state index in [4.69, 9.17) is 9.47 Å². The first-order valence-corrected chi connectivity index (χ1v) is 8.54. The van der Waals surface area contributed by atoms with Gasteiger partial charge in [0.25, 0.3) is 6.08 Å². The molecule has 126 valence electrons. The lowest BCUT2D eigenvalue weighted by atomic mass is 9.79. The normalized spacial score (nSPS) is 33.0. The summed E-state index contributed by atoms with van der Waals surface area (Å²) >= 11 is 0. The molecule has 0 radical (unpaired) electrons. The minimum Gasteiger partial charge on any atom is -0.352 e. The molecule has 0 bridgehead atoms. The second-order valence-electron chi connectivity index (χ2n) is 6.56. The summed E-state index contributed by atoms with van der Waals surface area (Å²) in [5.41, 5.74) is 0. The fourth-order valence-corrected chi connectivity index (χ4v) is 3.47. The molecule has 2 aliphatic rings. The highest BCUT2D eigenvalue weighted by molar-refractivity contribution is 4.85. The molecule has 22 heavy (non-hydrogen) atoms. The molecular weight excluding hydrogens is 286 g/mol. The summed E-state index contributed by atoms with van der Waals surface area (Å²) < 4.78 is 35.7. The van der Waals surface area contributed by atoms with Gasteiger partial charge in [-0.25, -0.2) is 0 Å². The maximum absolute atomic E-state index is 12.1. The van der Waals surface area contributed by atoms with E-state index in [-0.39, 0.29) is 12.2 Å². The van der Waals surface area contributed by atoms with Crippen LogP contribution in [0.15, 0.2) is 24.3 Å². The van der Waals surface area contributed by atoms with E-state index in [0.717, 1.165) is 24.8 Å². The molecule has 0 unspecified atom stereocenters. The van der Waals surface area contributed by atoms with Crippen molar-refractivity contribution in [3.8, 4) is 0 Å². The molecule has 0 N–H and O–H groups in total. The largest absolute Gasteiger partial charge is 0.352 e. The third-order valence-electron chi connectivity index (χ3n) is 4.85. The van der Waals surface area contributed by atoms with Crippen LogP contribution in [-0.4, -0.2) is 19.5 Å². The SMILES string of the molecule is C/C=C/CCC1CCC(C2OCC(CC=C(F)F)CO2)CC1. The Bertz CT molecular complexity index is 361. The Kier molecular flexibility index (Phi) is 7.53. The van der Waals surface area contributed by atoms with Crippen molar-refractivity contribution in [2.75, 3.05) is 13.2 Å². The summed E-state index contributed by atoms with van der Waals surface area (Å²) in [6, 6.07) is 0. The first-order chi connectivity index (χ1) is 10.7. The van der Waals surface area contributed by atoms with Crippen molar-refractivity contribution in [3.63, 3.8) is 0 Å². The summed E-state index contributed by atoms with van der Waals surface area (Å²) in [4.78, 5) is 0. The van der Waals surface area contributed by atoms with Gasteiger partial charge >= 0.3 is 0 Å². The summed E-state index contributed by atoms with van der Waals surface area (Å²) in [5, 5.41) is 0. The summed E-state index contributed by atoms with van der Waals surface area (Å²) in [5.74, 6) is 1.38. The van der Waals surface area contributed by atoms with Crippen LogP contribution in [0.3, 0.4) is 0 Å². The maximum atomic E-state index is 12.1. The molecular formula is C18H28F2O2. The van der Waals surface area contributed by atoms with Gasteiger partial charge in [-0.15, -0.1) is 0 Å². The number of halogens is 2. The molecule has 2 rings (SSSR count). The van der Waals surface area contributed by atoms with E-state index in [1.165, 1.54) is 25.7 Å². The second kappa shape index (κ2) is 9.41. The van der Waals surface area contributed by atoms with Gasteiger partial charge in [-0.1, -0.05) is 12.2 Å². The van der Waals surface area contributed by atoms with Gasteiger partial charge in [0.1, 0.15) is 0 Å². The van der Waals surface area contributed by atoms with Crippen LogP contribution in [0.4, 0.5) is 8.78 Å². The van der Waals surface area contributed by atoms with Crippen LogP contribution in [-0.2, 0) is 9.47 Å². The van der Waals surface area contributed by atoms with Gasteiger partial charge in [0.2, 0.25) is 0 Å². The molecule has 0 amide bonds. The Balaban J connectivity index is 1.65. The van der Waals surface area contributed by atoms with E-state index >= 15 is 0 Å². The molecule has 4 heteroatoms. The van der Waals surface area contributed by atoms with Gasteiger partial charge in [-0.05, 0) is 63.9 Å². The smallest absolute Gasteiger partial charge is 0.266 e. The number of ether oxygens (including phenoxy) is 2. The molecule has 1 saturated heterocycles. The highest BCUT2D eigenvalue weighted by Gasteiger charge is 2.32. The van der Waals surface area contributed by atoms with Crippen molar-refractivity contribution >= 4 is 0 Å². The average molecular weight is 314 g/mol. The molecule has 0 atom stereocenters. The van der Waals surface area contributed by atoms with Gasteiger partial charge in [-0.2, -0.15) is 8.78 Å². The Morgan fingerprint density at radius 1 is 1.05 bits per heavy atom. The van der Waals surface area contributed by atoms with Gasteiger partial charge in [-0.3, -0.25) is 0 Å². The number of hydrogen-bond acceptors (Lipinski definition) is 2. The van der Waals surface area contributed by atoms with E-state index in [9.17, 15) is 8.78 Å². The lowest BCUT2D eigenvalue weighted by Crippen LogP contribution is -2.38. The molecule has 0 aromatic heterocycles. The van der Waals surface area contributed by atoms with Crippen LogP contribution in [0.5, 0.6) is 0 Å². The van der Waals surface area contributed by atoms with E-state index in [1.807, 2.05) is 0 Å². The zero-order chi connectivity index (χ0) is 15.8. The monoisotopic (exact) mass is 314 g/mol. The van der Waals surface area contributed by atoms with Crippen molar-refractivity contribution in [3.05, 3.63) is 24.3 Å². The van der Waals surface area contributed by atoms with Crippen LogP contribution in [0, 0.1) is 17.8 Å². The highest BCUT2D eigenvalue weighted by atomic mass is 19.3. The van der Waals surface area contributed by atoms with E-state index in [0.29, 0.717) is 25.6 Å². The number of rotatable bonds is 6. The molecule has 1 saturated carbocycles. The maximum Gasteiger partial charge on any atom is 0.266 e. The van der Waals surface area contributed by atoms with Crippen LogP contribution in [0.2, 0.25) is 0 Å². The summed E-state index contributed by atoms with van der Waals surface area (Å²) in [6.45, 7) is 3.14. The van der Waals surface area contributed by atoms with E-state index in [2.05, 4.69) is 19.1 Å². The first-order valence-electron chi connectivity index (χ1n) is 8.54. The number of allylic oxidation sites excluding steroid dienone is 3. The molecule has 0 aromatic rings. The molecule has 1 heterocycles. The fourth-order valence-electron chi connectivity index (χ4n) is 3.47. The first kappa shape index (κ1) is 17.6. The molecule has 2 nitrogen and oxygen atoms in total. The topological polar surface area (TPSA) is 18.5 Å². The fraction of sp³-hybridized carbons (Fsp3) is 0.778. The average Bonchev–Trinajstić information content (AvgIpc) is 2.54. The third kappa shape index (κ3) is 5.81. The zero-order valence-corrected chi connectivity index (χ0v) is 13.5. The van der Waals surface area contributed by atoms with Crippen molar-refractivity contribution in [1.82, 2.24) is 0 Å². The van der Waals surface area contributed by atoms with Crippen molar-refractivity contribution < 1.29 is 18.3 Å². The van der Waals surface area contributed by atoms with Crippen LogP contribution in [0.1, 0.15) is 51.9 Å². The van der Waals surface area contributed by atoms with Crippen LogP contribution in [0.25, 0.3) is 0 Å². The lowest BCUT2D eigenvalue weighted by molar-refractivity contribution is -0.228. The minimum absolute atomic E-state index is 0.0647. The molecule has 0 spiro atoms. The van der Waals surface area contributed by atoms with Gasteiger partial charge in [0.15, 0.2) is 6.29 Å². The molecule has 0 aromatic carbocycles. The van der Waals surface area contributed by atoms with Crippen molar-refractivity contribution in [1.29, 1.82) is 0 Å². The number of hydrogen-bond donors (Lipinski definition) is 0. The Labute approximate surface area is 132 Å². The van der Waals surface area contributed by atoms with Crippen LogP contribution < -0.4 is 0 Å². The molecule has 1 aliphatic heterocycles. The van der Waals surface area contributed by atoms with Crippen molar-refractivity contribution in [2.45, 2.75) is 58.2 Å². The van der Waals surface area contributed by atoms with E-state index < -0.39 is 6.08 Å². The van der Waals surface area contributed by atoms with Crippen molar-refractivity contribution in [2.24, 2.45) is 17.8 Å². The molecule has 2 fully saturated rings. The van der Waals surface area contributed by atoms with Gasteiger partial charge in [0.05, 0.1) is 13.2 Å². The lowest BCUT2D eigenvalue weighted by Gasteiger charge is -2.37. The van der Waals surface area contributed by atoms with Gasteiger partial charge in [0, 0.05) is 11.8 Å². The Morgan fingerprint density at radius 3 is 2.32 bits per heavy atom. The minimum atomic E-state index is -1.61. The summed E-state index contributed by atoms with van der Waals surface area (Å²) in [6.07, 6.45) is 11.2. The highest BCUT2D eigenvalue weighted by Crippen LogP contribution is 2.36. The molecule has 1 aliphatic carbocycles. The second-order valence-corrected chi connectivity index (χ2v) is 6.56. The standard InChI is InChI=1S/C18H28F2O2/c1-2-3-4-5-14-6-9-16(10-7-14)18-21-12-15(13-22-18)8-11-17(19)20/h2-3,11,14-16,18H,4-10,12-13H2,1H3/b3-2+.